The third kappa shape index (κ3) is 5.25. The molecule has 148 valence electrons. The van der Waals surface area contributed by atoms with Gasteiger partial charge in [0.2, 0.25) is 11.8 Å². The second kappa shape index (κ2) is 9.26. The molecule has 1 heterocycles. The fourth-order valence-electron chi connectivity index (χ4n) is 3.14. The van der Waals surface area contributed by atoms with Gasteiger partial charge < -0.3 is 20.1 Å². The Balaban J connectivity index is 1.56. The third-order valence-electron chi connectivity index (χ3n) is 4.56. The van der Waals surface area contributed by atoms with Gasteiger partial charge in [0.15, 0.2) is 11.5 Å². The van der Waals surface area contributed by atoms with Crippen LogP contribution in [0.4, 0.5) is 0 Å². The van der Waals surface area contributed by atoms with Gasteiger partial charge in [-0.3, -0.25) is 9.59 Å². The summed E-state index contributed by atoms with van der Waals surface area (Å²) in [5.74, 6) is 1.18. The van der Waals surface area contributed by atoms with Crippen molar-refractivity contribution in [3.63, 3.8) is 0 Å². The number of hydrogen-bond donors (Lipinski definition) is 2. The van der Waals surface area contributed by atoms with Gasteiger partial charge in [-0.1, -0.05) is 50.2 Å². The Labute approximate surface area is 165 Å². The van der Waals surface area contributed by atoms with Crippen molar-refractivity contribution in [2.75, 3.05) is 19.8 Å². The summed E-state index contributed by atoms with van der Waals surface area (Å²) in [5.41, 5.74) is 1.86. The van der Waals surface area contributed by atoms with E-state index in [9.17, 15) is 9.59 Å². The number of nitrogens with one attached hydrogen (secondary N) is 2. The number of fused-ring (bicyclic) bond motifs is 1. The number of carbonyl (C=O) groups is 2. The minimum atomic E-state index is -0.227. The number of rotatable bonds is 7. The lowest BCUT2D eigenvalue weighted by molar-refractivity contribution is -0.126. The molecule has 0 aromatic heterocycles. The van der Waals surface area contributed by atoms with E-state index in [1.54, 1.807) is 0 Å². The Morgan fingerprint density at radius 1 is 0.964 bits per heavy atom. The maximum atomic E-state index is 12.4. The van der Waals surface area contributed by atoms with E-state index in [-0.39, 0.29) is 36.7 Å². The van der Waals surface area contributed by atoms with Gasteiger partial charge in [-0.15, -0.1) is 0 Å². The van der Waals surface area contributed by atoms with Crippen molar-refractivity contribution in [1.82, 2.24) is 10.6 Å². The fourth-order valence-corrected chi connectivity index (χ4v) is 3.14. The number of amides is 2. The van der Waals surface area contributed by atoms with E-state index < -0.39 is 0 Å². The summed E-state index contributed by atoms with van der Waals surface area (Å²) in [4.78, 5) is 24.4. The Morgan fingerprint density at radius 3 is 2.39 bits per heavy atom. The highest BCUT2D eigenvalue weighted by Gasteiger charge is 2.21. The quantitative estimate of drug-likeness (QED) is 0.772. The molecular weight excluding hydrogens is 356 g/mol. The van der Waals surface area contributed by atoms with Gasteiger partial charge in [0.1, 0.15) is 13.2 Å². The molecule has 2 aromatic carbocycles. The maximum absolute atomic E-state index is 12.4. The summed E-state index contributed by atoms with van der Waals surface area (Å²) in [6, 6.07) is 15.0. The van der Waals surface area contributed by atoms with E-state index in [0.29, 0.717) is 19.0 Å². The molecule has 2 N–H and O–H groups in total. The minimum Gasteiger partial charge on any atom is -0.486 e. The smallest absolute Gasteiger partial charge is 0.239 e. The second-order valence-electron chi connectivity index (χ2n) is 7.13. The second-order valence-corrected chi connectivity index (χ2v) is 7.13. The van der Waals surface area contributed by atoms with Gasteiger partial charge >= 0.3 is 0 Å². The van der Waals surface area contributed by atoms with E-state index in [2.05, 4.69) is 10.6 Å². The molecule has 2 amide bonds. The topological polar surface area (TPSA) is 76.7 Å². The summed E-state index contributed by atoms with van der Waals surface area (Å²) < 4.78 is 11.2. The number of ether oxygens (including phenoxy) is 2. The zero-order chi connectivity index (χ0) is 19.9. The highest BCUT2D eigenvalue weighted by atomic mass is 16.6. The SMILES string of the molecule is CC(C)C(NC(=O)CNC(=O)Cc1ccccc1)c1ccc2c(c1)OCCO2. The zero-order valence-electron chi connectivity index (χ0n) is 16.2. The number of carbonyl (C=O) groups excluding carboxylic acids is 2. The molecule has 1 aliphatic heterocycles. The van der Waals surface area contributed by atoms with Gasteiger partial charge in [0, 0.05) is 0 Å². The van der Waals surface area contributed by atoms with Crippen LogP contribution in [0.3, 0.4) is 0 Å². The van der Waals surface area contributed by atoms with Crippen molar-refractivity contribution in [3.8, 4) is 11.5 Å². The van der Waals surface area contributed by atoms with Crippen LogP contribution in [0.5, 0.6) is 11.5 Å². The van der Waals surface area contributed by atoms with E-state index in [1.165, 1.54) is 0 Å². The predicted octanol–water partition coefficient (Wildman–Crippen LogP) is 2.63. The highest BCUT2D eigenvalue weighted by Crippen LogP contribution is 2.34. The van der Waals surface area contributed by atoms with Gasteiger partial charge in [0.25, 0.3) is 0 Å². The molecular formula is C22H26N2O4. The summed E-state index contributed by atoms with van der Waals surface area (Å²) in [7, 11) is 0. The molecule has 0 fully saturated rings. The molecule has 0 aliphatic carbocycles. The first-order valence-corrected chi connectivity index (χ1v) is 9.52. The van der Waals surface area contributed by atoms with Crippen molar-refractivity contribution < 1.29 is 19.1 Å². The monoisotopic (exact) mass is 382 g/mol. The molecule has 0 radical (unpaired) electrons. The Hall–Kier alpha value is -3.02. The molecule has 2 aromatic rings. The van der Waals surface area contributed by atoms with Crippen molar-refractivity contribution in [2.24, 2.45) is 5.92 Å². The van der Waals surface area contributed by atoms with E-state index >= 15 is 0 Å². The molecule has 0 bridgehead atoms. The molecule has 0 saturated carbocycles. The first kappa shape index (κ1) is 19.7. The molecule has 3 rings (SSSR count). The first-order chi connectivity index (χ1) is 13.5. The summed E-state index contributed by atoms with van der Waals surface area (Å²) in [6.45, 7) is 5.08. The van der Waals surface area contributed by atoms with Gasteiger partial charge in [-0.2, -0.15) is 0 Å². The van der Waals surface area contributed by atoms with Crippen molar-refractivity contribution in [2.45, 2.75) is 26.3 Å². The zero-order valence-corrected chi connectivity index (χ0v) is 16.2. The van der Waals surface area contributed by atoms with Crippen molar-refractivity contribution >= 4 is 11.8 Å². The van der Waals surface area contributed by atoms with Crippen LogP contribution in [0.15, 0.2) is 48.5 Å². The maximum Gasteiger partial charge on any atom is 0.239 e. The predicted molar refractivity (Wildman–Crippen MR) is 106 cm³/mol. The van der Waals surface area contributed by atoms with Crippen LogP contribution < -0.4 is 20.1 Å². The van der Waals surface area contributed by atoms with Crippen LogP contribution >= 0.6 is 0 Å². The standard InChI is InChI=1S/C22H26N2O4/c1-15(2)22(17-8-9-18-19(13-17)28-11-10-27-18)24-21(26)14-23-20(25)12-16-6-4-3-5-7-16/h3-9,13,15,22H,10-12,14H2,1-2H3,(H,23,25)(H,24,26). The number of hydrogen-bond acceptors (Lipinski definition) is 4. The van der Waals surface area contributed by atoms with E-state index in [1.807, 2.05) is 62.4 Å². The van der Waals surface area contributed by atoms with Gasteiger partial charge in [-0.25, -0.2) is 0 Å². The van der Waals surface area contributed by atoms with Crippen LogP contribution in [-0.2, 0) is 16.0 Å². The van der Waals surface area contributed by atoms with E-state index in [4.69, 9.17) is 9.47 Å². The van der Waals surface area contributed by atoms with Crippen LogP contribution in [0, 0.1) is 5.92 Å². The largest absolute Gasteiger partial charge is 0.486 e. The fraction of sp³-hybridized carbons (Fsp3) is 0.364. The highest BCUT2D eigenvalue weighted by molar-refractivity contribution is 5.85. The van der Waals surface area contributed by atoms with Crippen molar-refractivity contribution in [1.29, 1.82) is 0 Å². The normalized spacial score (nSPS) is 13.7. The lowest BCUT2D eigenvalue weighted by Crippen LogP contribution is -2.40. The van der Waals surface area contributed by atoms with Crippen LogP contribution in [-0.4, -0.2) is 31.6 Å². The van der Waals surface area contributed by atoms with Gasteiger partial charge in [0.05, 0.1) is 19.0 Å². The van der Waals surface area contributed by atoms with Crippen molar-refractivity contribution in [3.05, 3.63) is 59.7 Å². The summed E-state index contributed by atoms with van der Waals surface area (Å²) in [5, 5.41) is 5.69. The molecule has 1 atom stereocenters. The average molecular weight is 382 g/mol. The first-order valence-electron chi connectivity index (χ1n) is 9.52. The third-order valence-corrected chi connectivity index (χ3v) is 4.56. The van der Waals surface area contributed by atoms with E-state index in [0.717, 1.165) is 16.9 Å². The molecule has 1 aliphatic rings. The molecule has 6 nitrogen and oxygen atoms in total. The molecule has 28 heavy (non-hydrogen) atoms. The molecule has 0 saturated heterocycles. The molecule has 6 heteroatoms. The number of benzene rings is 2. The Kier molecular flexibility index (Phi) is 6.53. The lowest BCUT2D eigenvalue weighted by atomic mass is 9.95. The summed E-state index contributed by atoms with van der Waals surface area (Å²) >= 11 is 0. The lowest BCUT2D eigenvalue weighted by Gasteiger charge is -2.25. The van der Waals surface area contributed by atoms with Crippen LogP contribution in [0.2, 0.25) is 0 Å². The molecule has 0 spiro atoms. The average Bonchev–Trinajstić information content (AvgIpc) is 2.70. The summed E-state index contributed by atoms with van der Waals surface area (Å²) in [6.07, 6.45) is 0.254. The Morgan fingerprint density at radius 2 is 1.68 bits per heavy atom. The van der Waals surface area contributed by atoms with Crippen LogP contribution in [0.25, 0.3) is 0 Å². The minimum absolute atomic E-state index is 0.0561. The Bertz CT molecular complexity index is 821. The van der Waals surface area contributed by atoms with Crippen LogP contribution in [0.1, 0.15) is 31.0 Å². The molecule has 1 unspecified atom stereocenters. The van der Waals surface area contributed by atoms with Gasteiger partial charge in [-0.05, 0) is 29.2 Å².